The molecule has 0 saturated heterocycles. The van der Waals surface area contributed by atoms with Crippen LogP contribution in [0.15, 0.2) is 47.6 Å². The summed E-state index contributed by atoms with van der Waals surface area (Å²) in [5.74, 6) is 2.00. The summed E-state index contributed by atoms with van der Waals surface area (Å²) >= 11 is 0. The van der Waals surface area contributed by atoms with Gasteiger partial charge in [-0.25, -0.2) is 0 Å². The van der Waals surface area contributed by atoms with Crippen LogP contribution in [0, 0.1) is 29.1 Å². The molecule has 168 valence electrons. The largest absolute Gasteiger partial charge is 0.393 e. The van der Waals surface area contributed by atoms with Crippen molar-refractivity contribution in [3.05, 3.63) is 47.6 Å². The van der Waals surface area contributed by atoms with E-state index in [4.69, 9.17) is 0 Å². The van der Waals surface area contributed by atoms with Gasteiger partial charge < -0.3 is 15.3 Å². The molecule has 1 unspecified atom stereocenters. The van der Waals surface area contributed by atoms with Crippen molar-refractivity contribution >= 4 is 0 Å². The van der Waals surface area contributed by atoms with E-state index >= 15 is 0 Å². The average Bonchev–Trinajstić information content (AvgIpc) is 3.04. The Labute approximate surface area is 183 Å². The van der Waals surface area contributed by atoms with Gasteiger partial charge in [-0.05, 0) is 85.7 Å². The zero-order valence-corrected chi connectivity index (χ0v) is 19.3. The SMILES string of the molecule is C=C1/C(=C\C=C2/CCC[C@]3(C)[C@@H]([C@H](C)/C=C/[C@H](C)C(C)O)CC[C@@H]23)C[C@@H](O)C[C@@H]1O. The van der Waals surface area contributed by atoms with E-state index in [-0.39, 0.29) is 12.0 Å². The zero-order chi connectivity index (χ0) is 22.1. The molecule has 0 radical (unpaired) electrons. The van der Waals surface area contributed by atoms with Gasteiger partial charge in [0.25, 0.3) is 0 Å². The molecule has 0 spiro atoms. The predicted octanol–water partition coefficient (Wildman–Crippen LogP) is 5.34. The Hall–Kier alpha value is -1.16. The van der Waals surface area contributed by atoms with E-state index in [9.17, 15) is 15.3 Å². The lowest BCUT2D eigenvalue weighted by molar-refractivity contribution is 0.0862. The Kier molecular flexibility index (Phi) is 7.48. The van der Waals surface area contributed by atoms with Crippen LogP contribution in [0.2, 0.25) is 0 Å². The summed E-state index contributed by atoms with van der Waals surface area (Å²) in [6, 6.07) is 0. The lowest BCUT2D eigenvalue weighted by Crippen LogP contribution is -2.35. The number of aliphatic hydroxyl groups excluding tert-OH is 3. The van der Waals surface area contributed by atoms with Crippen LogP contribution in [0.4, 0.5) is 0 Å². The van der Waals surface area contributed by atoms with Gasteiger partial charge in [0.05, 0.1) is 18.3 Å². The van der Waals surface area contributed by atoms with Crippen molar-refractivity contribution < 1.29 is 15.3 Å². The standard InChI is InChI=1S/C27H42O3/c1-17(20(4)28)8-9-18(2)24-12-13-25-21(7-6-14-27(24,25)5)10-11-22-15-23(29)16-26(30)19(22)3/h8-11,17-18,20,23-26,28-30H,3,6-7,12-16H2,1-2,4-5H3/b9-8+,21-10+,22-11-/t17-,18+,20?,23+,24+,25-,26-,27+/m0/s1. The monoisotopic (exact) mass is 414 g/mol. The summed E-state index contributed by atoms with van der Waals surface area (Å²) < 4.78 is 0. The van der Waals surface area contributed by atoms with E-state index in [1.54, 1.807) is 0 Å². The summed E-state index contributed by atoms with van der Waals surface area (Å²) in [6.07, 6.45) is 14.7. The highest BCUT2D eigenvalue weighted by Crippen LogP contribution is 2.59. The number of aliphatic hydroxyl groups is 3. The molecular weight excluding hydrogens is 372 g/mol. The van der Waals surface area contributed by atoms with Gasteiger partial charge in [-0.2, -0.15) is 0 Å². The minimum atomic E-state index is -0.623. The average molecular weight is 415 g/mol. The first-order chi connectivity index (χ1) is 14.1. The fourth-order valence-electron chi connectivity index (χ4n) is 6.25. The second kappa shape index (κ2) is 9.54. The molecule has 30 heavy (non-hydrogen) atoms. The van der Waals surface area contributed by atoms with Gasteiger partial charge in [0.1, 0.15) is 0 Å². The molecule has 3 rings (SSSR count). The molecule has 0 amide bonds. The van der Waals surface area contributed by atoms with Gasteiger partial charge in [-0.3, -0.25) is 0 Å². The van der Waals surface area contributed by atoms with E-state index in [1.165, 1.54) is 31.3 Å². The Morgan fingerprint density at radius 2 is 1.83 bits per heavy atom. The molecule has 0 bridgehead atoms. The molecule has 0 aliphatic heterocycles. The maximum absolute atomic E-state index is 10.1. The third-order valence-corrected chi connectivity index (χ3v) is 8.42. The lowest BCUT2D eigenvalue weighted by atomic mass is 9.61. The maximum atomic E-state index is 10.1. The van der Waals surface area contributed by atoms with E-state index in [0.29, 0.717) is 36.0 Å². The van der Waals surface area contributed by atoms with Crippen LogP contribution < -0.4 is 0 Å². The summed E-state index contributed by atoms with van der Waals surface area (Å²) in [5.41, 5.74) is 3.63. The van der Waals surface area contributed by atoms with Crippen molar-refractivity contribution in [3.8, 4) is 0 Å². The molecule has 3 N–H and O–H groups in total. The van der Waals surface area contributed by atoms with Crippen LogP contribution in [-0.2, 0) is 0 Å². The number of hydrogen-bond donors (Lipinski definition) is 3. The smallest absolute Gasteiger partial charge is 0.0811 e. The van der Waals surface area contributed by atoms with E-state index in [2.05, 4.69) is 51.7 Å². The van der Waals surface area contributed by atoms with Gasteiger partial charge in [-0.15, -0.1) is 0 Å². The molecule has 3 nitrogen and oxygen atoms in total. The van der Waals surface area contributed by atoms with E-state index in [1.807, 2.05) is 6.92 Å². The molecule has 3 fully saturated rings. The Bertz CT molecular complexity index is 716. The second-order valence-corrected chi connectivity index (χ2v) is 10.5. The van der Waals surface area contributed by atoms with Crippen molar-refractivity contribution in [1.82, 2.24) is 0 Å². The van der Waals surface area contributed by atoms with Gasteiger partial charge in [0, 0.05) is 6.42 Å². The molecule has 0 aromatic rings. The van der Waals surface area contributed by atoms with E-state index in [0.717, 1.165) is 17.6 Å². The number of allylic oxidation sites excluding steroid dienone is 4. The van der Waals surface area contributed by atoms with Crippen LogP contribution in [0.25, 0.3) is 0 Å². The van der Waals surface area contributed by atoms with Crippen molar-refractivity contribution in [3.63, 3.8) is 0 Å². The van der Waals surface area contributed by atoms with Gasteiger partial charge in [0.15, 0.2) is 0 Å². The number of hydrogen-bond acceptors (Lipinski definition) is 3. The van der Waals surface area contributed by atoms with Crippen LogP contribution in [0.1, 0.15) is 72.6 Å². The Balaban J connectivity index is 1.76. The normalized spacial score (nSPS) is 40.7. The van der Waals surface area contributed by atoms with Crippen molar-refractivity contribution in [2.24, 2.45) is 29.1 Å². The van der Waals surface area contributed by atoms with E-state index < -0.39 is 12.2 Å². The van der Waals surface area contributed by atoms with Crippen LogP contribution >= 0.6 is 0 Å². The maximum Gasteiger partial charge on any atom is 0.0811 e. The summed E-state index contributed by atoms with van der Waals surface area (Å²) in [5, 5.41) is 29.9. The number of fused-ring (bicyclic) bond motifs is 1. The fraction of sp³-hybridized carbons (Fsp3) is 0.704. The quantitative estimate of drug-likeness (QED) is 0.532. The first-order valence-electron chi connectivity index (χ1n) is 11.9. The third-order valence-electron chi connectivity index (χ3n) is 8.42. The van der Waals surface area contributed by atoms with Crippen LogP contribution in [0.3, 0.4) is 0 Å². The minimum Gasteiger partial charge on any atom is -0.393 e. The zero-order valence-electron chi connectivity index (χ0n) is 19.3. The van der Waals surface area contributed by atoms with Crippen LogP contribution in [0.5, 0.6) is 0 Å². The molecule has 0 heterocycles. The molecule has 3 heteroatoms. The fourth-order valence-corrected chi connectivity index (χ4v) is 6.25. The summed E-state index contributed by atoms with van der Waals surface area (Å²) in [6.45, 7) is 12.8. The highest BCUT2D eigenvalue weighted by atomic mass is 16.3. The molecule has 3 aliphatic carbocycles. The second-order valence-electron chi connectivity index (χ2n) is 10.5. The molecule has 8 atom stereocenters. The highest BCUT2D eigenvalue weighted by molar-refractivity contribution is 5.38. The first kappa shape index (κ1) is 23.5. The highest BCUT2D eigenvalue weighted by Gasteiger charge is 2.50. The number of rotatable bonds is 5. The third kappa shape index (κ3) is 4.84. The van der Waals surface area contributed by atoms with Crippen molar-refractivity contribution in [2.75, 3.05) is 0 Å². The lowest BCUT2D eigenvalue weighted by Gasteiger charge is -2.44. The summed E-state index contributed by atoms with van der Waals surface area (Å²) in [4.78, 5) is 0. The van der Waals surface area contributed by atoms with Gasteiger partial charge in [-0.1, -0.05) is 57.2 Å². The topological polar surface area (TPSA) is 60.7 Å². The van der Waals surface area contributed by atoms with Crippen LogP contribution in [-0.4, -0.2) is 33.6 Å². The Morgan fingerprint density at radius 1 is 1.10 bits per heavy atom. The van der Waals surface area contributed by atoms with Crippen molar-refractivity contribution in [1.29, 1.82) is 0 Å². The molecule has 3 aliphatic rings. The predicted molar refractivity (Wildman–Crippen MR) is 124 cm³/mol. The van der Waals surface area contributed by atoms with Crippen molar-refractivity contribution in [2.45, 2.75) is 91.0 Å². The minimum absolute atomic E-state index is 0.195. The molecule has 3 saturated carbocycles. The molecule has 0 aromatic heterocycles. The molecule has 0 aromatic carbocycles. The van der Waals surface area contributed by atoms with Gasteiger partial charge >= 0.3 is 0 Å². The van der Waals surface area contributed by atoms with Gasteiger partial charge in [0.2, 0.25) is 0 Å². The first-order valence-corrected chi connectivity index (χ1v) is 11.9. The Morgan fingerprint density at radius 3 is 2.53 bits per heavy atom. The molecular formula is C27H42O3. The summed E-state index contributed by atoms with van der Waals surface area (Å²) in [7, 11) is 0.